The summed E-state index contributed by atoms with van der Waals surface area (Å²) in [4.78, 5) is 25.8. The zero-order valence-corrected chi connectivity index (χ0v) is 15.9. The molecule has 1 aliphatic carbocycles. The molecule has 1 fully saturated rings. The van der Waals surface area contributed by atoms with Gasteiger partial charge in [0, 0.05) is 5.69 Å². The number of benzene rings is 2. The van der Waals surface area contributed by atoms with Crippen molar-refractivity contribution in [3.8, 4) is 5.75 Å². The van der Waals surface area contributed by atoms with Crippen LogP contribution < -0.4 is 14.8 Å². The SMILES string of the molecule is COC(=O)c1cc(NSc2ccccc2OC)cc2c1NC(=O)C21CCC1. The Morgan fingerprint density at radius 2 is 2.00 bits per heavy atom. The van der Waals surface area contributed by atoms with E-state index >= 15 is 0 Å². The number of hydrogen-bond donors (Lipinski definition) is 2. The number of hydrogen-bond acceptors (Lipinski definition) is 6. The summed E-state index contributed by atoms with van der Waals surface area (Å²) in [5.74, 6) is 0.272. The zero-order chi connectivity index (χ0) is 19.0. The smallest absolute Gasteiger partial charge is 0.340 e. The minimum atomic E-state index is -0.509. The third kappa shape index (κ3) is 2.82. The van der Waals surface area contributed by atoms with E-state index < -0.39 is 11.4 Å². The number of methoxy groups -OCH3 is 2. The second kappa shape index (κ2) is 6.81. The van der Waals surface area contributed by atoms with Gasteiger partial charge in [0.15, 0.2) is 0 Å². The van der Waals surface area contributed by atoms with Crippen LogP contribution in [0.3, 0.4) is 0 Å². The molecular formula is C20H20N2O4S. The van der Waals surface area contributed by atoms with Crippen LogP contribution in [-0.2, 0) is 14.9 Å². The molecule has 1 spiro atoms. The van der Waals surface area contributed by atoms with Crippen molar-refractivity contribution in [1.82, 2.24) is 0 Å². The van der Waals surface area contributed by atoms with E-state index in [1.165, 1.54) is 19.1 Å². The van der Waals surface area contributed by atoms with Crippen LogP contribution in [0, 0.1) is 0 Å². The number of fused-ring (bicyclic) bond motifs is 2. The molecule has 2 aromatic rings. The highest BCUT2D eigenvalue weighted by Gasteiger charge is 2.52. The summed E-state index contributed by atoms with van der Waals surface area (Å²) >= 11 is 1.39. The monoisotopic (exact) mass is 384 g/mol. The highest BCUT2D eigenvalue weighted by Crippen LogP contribution is 2.53. The molecule has 7 heteroatoms. The van der Waals surface area contributed by atoms with Gasteiger partial charge in [0.2, 0.25) is 5.91 Å². The number of carbonyl (C=O) groups is 2. The van der Waals surface area contributed by atoms with Crippen molar-refractivity contribution < 1.29 is 19.1 Å². The first kappa shape index (κ1) is 17.7. The Morgan fingerprint density at radius 3 is 2.67 bits per heavy atom. The summed E-state index contributed by atoms with van der Waals surface area (Å²) in [6, 6.07) is 11.3. The van der Waals surface area contributed by atoms with E-state index in [2.05, 4.69) is 10.0 Å². The van der Waals surface area contributed by atoms with Crippen LogP contribution in [0.5, 0.6) is 5.75 Å². The van der Waals surface area contributed by atoms with Crippen molar-refractivity contribution in [2.24, 2.45) is 0 Å². The highest BCUT2D eigenvalue weighted by atomic mass is 32.2. The van der Waals surface area contributed by atoms with Gasteiger partial charge in [-0.05, 0) is 54.6 Å². The van der Waals surface area contributed by atoms with Gasteiger partial charge < -0.3 is 19.5 Å². The molecule has 4 rings (SSSR count). The molecule has 1 aliphatic heterocycles. The molecule has 2 N–H and O–H groups in total. The molecule has 0 atom stereocenters. The Morgan fingerprint density at radius 1 is 1.22 bits per heavy atom. The van der Waals surface area contributed by atoms with Gasteiger partial charge >= 0.3 is 5.97 Å². The summed E-state index contributed by atoms with van der Waals surface area (Å²) in [6.07, 6.45) is 2.61. The second-order valence-electron chi connectivity index (χ2n) is 6.68. The molecule has 0 radical (unpaired) electrons. The Balaban J connectivity index is 1.70. The van der Waals surface area contributed by atoms with Crippen LogP contribution in [0.2, 0.25) is 0 Å². The van der Waals surface area contributed by atoms with Gasteiger partial charge in [0.05, 0.1) is 35.8 Å². The van der Waals surface area contributed by atoms with Crippen LogP contribution in [0.25, 0.3) is 0 Å². The normalized spacial score (nSPS) is 16.3. The van der Waals surface area contributed by atoms with Gasteiger partial charge in [-0.25, -0.2) is 4.79 Å². The standard InChI is InChI=1S/C20H20N2O4S/c1-25-15-6-3-4-7-16(15)27-22-12-10-13(18(23)26-2)17-14(11-12)20(8-5-9-20)19(24)21-17/h3-4,6-7,10-11,22H,5,8-9H2,1-2H3,(H,21,24). The summed E-state index contributed by atoms with van der Waals surface area (Å²) in [7, 11) is 2.97. The molecule has 0 saturated heterocycles. The van der Waals surface area contributed by atoms with E-state index in [1.807, 2.05) is 30.3 Å². The van der Waals surface area contributed by atoms with E-state index in [4.69, 9.17) is 9.47 Å². The third-order valence-electron chi connectivity index (χ3n) is 5.29. The van der Waals surface area contributed by atoms with Crippen molar-refractivity contribution in [3.63, 3.8) is 0 Å². The Bertz CT molecular complexity index is 924. The number of carbonyl (C=O) groups excluding carboxylic acids is 2. The fourth-order valence-electron chi connectivity index (χ4n) is 3.68. The lowest BCUT2D eigenvalue weighted by Gasteiger charge is -2.36. The maximum atomic E-state index is 12.6. The Labute approximate surface area is 161 Å². The van der Waals surface area contributed by atoms with Crippen LogP contribution in [0.15, 0.2) is 41.3 Å². The number of amides is 1. The van der Waals surface area contributed by atoms with Crippen LogP contribution >= 0.6 is 11.9 Å². The fourth-order valence-corrected chi connectivity index (χ4v) is 4.43. The van der Waals surface area contributed by atoms with Gasteiger partial charge in [-0.1, -0.05) is 18.6 Å². The van der Waals surface area contributed by atoms with Crippen molar-refractivity contribution in [3.05, 3.63) is 47.5 Å². The predicted octanol–water partition coefficient (Wildman–Crippen LogP) is 3.97. The Hall–Kier alpha value is -2.67. The van der Waals surface area contributed by atoms with E-state index in [-0.39, 0.29) is 5.91 Å². The molecule has 140 valence electrons. The minimum absolute atomic E-state index is 0.0246. The molecule has 27 heavy (non-hydrogen) atoms. The van der Waals surface area contributed by atoms with Crippen LogP contribution in [0.4, 0.5) is 11.4 Å². The molecule has 2 aromatic carbocycles. The van der Waals surface area contributed by atoms with Crippen LogP contribution in [0.1, 0.15) is 35.2 Å². The van der Waals surface area contributed by atoms with Crippen molar-refractivity contribution in [1.29, 1.82) is 0 Å². The summed E-state index contributed by atoms with van der Waals surface area (Å²) in [6.45, 7) is 0. The number of rotatable bonds is 5. The van der Waals surface area contributed by atoms with Crippen molar-refractivity contribution in [2.75, 3.05) is 24.3 Å². The lowest BCUT2D eigenvalue weighted by Crippen LogP contribution is -2.40. The number of ether oxygens (including phenoxy) is 2. The fraction of sp³-hybridized carbons (Fsp3) is 0.300. The molecule has 2 aliphatic rings. The first-order valence-corrected chi connectivity index (χ1v) is 9.55. The summed E-state index contributed by atoms with van der Waals surface area (Å²) < 4.78 is 13.6. The van der Waals surface area contributed by atoms with Crippen LogP contribution in [-0.4, -0.2) is 26.1 Å². The van der Waals surface area contributed by atoms with Gasteiger partial charge in [0.25, 0.3) is 0 Å². The average Bonchev–Trinajstić information content (AvgIpc) is 2.97. The third-order valence-corrected chi connectivity index (χ3v) is 6.18. The number of anilines is 2. The Kier molecular flexibility index (Phi) is 4.47. The largest absolute Gasteiger partial charge is 0.496 e. The molecule has 1 amide bonds. The zero-order valence-electron chi connectivity index (χ0n) is 15.1. The van der Waals surface area contributed by atoms with Crippen molar-refractivity contribution >= 4 is 35.2 Å². The number of esters is 1. The minimum Gasteiger partial charge on any atom is -0.496 e. The molecule has 0 aromatic heterocycles. The second-order valence-corrected chi connectivity index (χ2v) is 7.53. The molecule has 1 saturated carbocycles. The number of para-hydroxylation sites is 1. The van der Waals surface area contributed by atoms with E-state index in [9.17, 15) is 9.59 Å². The van der Waals surface area contributed by atoms with Crippen molar-refractivity contribution in [2.45, 2.75) is 29.6 Å². The molecule has 6 nitrogen and oxygen atoms in total. The van der Waals surface area contributed by atoms with E-state index in [1.54, 1.807) is 13.2 Å². The highest BCUT2D eigenvalue weighted by molar-refractivity contribution is 8.00. The lowest BCUT2D eigenvalue weighted by molar-refractivity contribution is -0.123. The lowest BCUT2D eigenvalue weighted by atomic mass is 9.65. The van der Waals surface area contributed by atoms with E-state index in [0.29, 0.717) is 11.3 Å². The molecular weight excluding hydrogens is 364 g/mol. The summed E-state index contributed by atoms with van der Waals surface area (Å²) in [5, 5.41) is 2.90. The van der Waals surface area contributed by atoms with Gasteiger partial charge in [0.1, 0.15) is 5.75 Å². The maximum absolute atomic E-state index is 12.6. The molecule has 0 bridgehead atoms. The first-order valence-electron chi connectivity index (χ1n) is 8.73. The first-order chi connectivity index (χ1) is 13.1. The van der Waals surface area contributed by atoms with Gasteiger partial charge in [-0.2, -0.15) is 0 Å². The van der Waals surface area contributed by atoms with E-state index in [0.717, 1.165) is 41.2 Å². The van der Waals surface area contributed by atoms with Gasteiger partial charge in [-0.3, -0.25) is 4.79 Å². The topological polar surface area (TPSA) is 76.7 Å². The van der Waals surface area contributed by atoms with Gasteiger partial charge in [-0.15, -0.1) is 0 Å². The maximum Gasteiger partial charge on any atom is 0.340 e. The number of nitrogens with one attached hydrogen (secondary N) is 2. The predicted molar refractivity (Wildman–Crippen MR) is 104 cm³/mol. The molecule has 1 heterocycles. The summed E-state index contributed by atoms with van der Waals surface area (Å²) in [5.41, 5.74) is 2.07. The molecule has 0 unspecified atom stereocenters. The average molecular weight is 384 g/mol. The quantitative estimate of drug-likeness (QED) is 0.600.